The van der Waals surface area contributed by atoms with Gasteiger partial charge in [-0.25, -0.2) is 4.79 Å². The molecule has 0 aromatic heterocycles. The summed E-state index contributed by atoms with van der Waals surface area (Å²) in [5.74, 6) is 0.722. The third-order valence-corrected chi connectivity index (χ3v) is 3.38. The van der Waals surface area contributed by atoms with E-state index in [-0.39, 0.29) is 5.70 Å². The molecule has 1 N–H and O–H groups in total. The fourth-order valence-electron chi connectivity index (χ4n) is 2.12. The second kappa shape index (κ2) is 10.2. The van der Waals surface area contributed by atoms with Crippen molar-refractivity contribution >= 4 is 5.97 Å². The van der Waals surface area contributed by atoms with E-state index < -0.39 is 5.97 Å². The molecule has 5 heteroatoms. The van der Waals surface area contributed by atoms with Gasteiger partial charge in [-0.1, -0.05) is 55.8 Å². The van der Waals surface area contributed by atoms with Crippen molar-refractivity contribution in [2.75, 3.05) is 7.11 Å². The lowest BCUT2D eigenvalue weighted by molar-refractivity contribution is -0.132. The summed E-state index contributed by atoms with van der Waals surface area (Å²) in [6.45, 7) is 2.33. The number of rotatable bonds is 9. The minimum absolute atomic E-state index is 0.281. The van der Waals surface area contributed by atoms with Crippen LogP contribution in [0.3, 0.4) is 0 Å². The van der Waals surface area contributed by atoms with Crippen LogP contribution in [0.25, 0.3) is 0 Å². The maximum absolute atomic E-state index is 12.4. The summed E-state index contributed by atoms with van der Waals surface area (Å²) >= 11 is 0. The molecular formula is C20H23NO4. The fourth-order valence-corrected chi connectivity index (χ4v) is 2.12. The number of para-hydroxylation sites is 2. The number of allylic oxidation sites excluding steroid dienone is 1. The van der Waals surface area contributed by atoms with E-state index >= 15 is 0 Å². The van der Waals surface area contributed by atoms with E-state index in [0.717, 1.165) is 24.2 Å². The summed E-state index contributed by atoms with van der Waals surface area (Å²) in [6, 6.07) is 16.8. The summed E-state index contributed by atoms with van der Waals surface area (Å²) in [7, 11) is 1.45. The second-order valence-electron chi connectivity index (χ2n) is 5.31. The van der Waals surface area contributed by atoms with E-state index in [1.165, 1.54) is 7.11 Å². The smallest absolute Gasteiger partial charge is 0.361 e. The van der Waals surface area contributed by atoms with Crippen LogP contribution in [0.15, 0.2) is 66.4 Å². The number of unbranched alkanes of at least 4 members (excludes halogenated alkanes) is 1. The number of hydrogen-bond donors (Lipinski definition) is 1. The van der Waals surface area contributed by atoms with Crippen LogP contribution < -0.4 is 15.0 Å². The molecule has 2 aromatic rings. The highest BCUT2D eigenvalue weighted by atomic mass is 16.6. The average molecular weight is 341 g/mol. The van der Waals surface area contributed by atoms with Crippen molar-refractivity contribution in [2.45, 2.75) is 26.4 Å². The number of carbonyl (C=O) groups is 1. The lowest BCUT2D eigenvalue weighted by atomic mass is 10.2. The van der Waals surface area contributed by atoms with Crippen LogP contribution >= 0.6 is 0 Å². The van der Waals surface area contributed by atoms with Gasteiger partial charge in [0.1, 0.15) is 23.8 Å². The van der Waals surface area contributed by atoms with Crippen LogP contribution in [0.4, 0.5) is 0 Å². The van der Waals surface area contributed by atoms with Gasteiger partial charge in [-0.2, -0.15) is 0 Å². The predicted octanol–water partition coefficient (Wildman–Crippen LogP) is 4.01. The van der Waals surface area contributed by atoms with Crippen molar-refractivity contribution in [3.05, 3.63) is 71.9 Å². The van der Waals surface area contributed by atoms with E-state index in [1.807, 2.05) is 55.5 Å². The zero-order chi connectivity index (χ0) is 17.9. The molecule has 0 aliphatic rings. The number of nitrogens with one attached hydrogen (secondary N) is 1. The van der Waals surface area contributed by atoms with Crippen molar-refractivity contribution in [1.82, 2.24) is 5.48 Å². The Morgan fingerprint density at radius 2 is 1.80 bits per heavy atom. The van der Waals surface area contributed by atoms with Crippen LogP contribution in [-0.4, -0.2) is 13.1 Å². The van der Waals surface area contributed by atoms with Gasteiger partial charge >= 0.3 is 5.97 Å². The first-order valence-corrected chi connectivity index (χ1v) is 8.21. The van der Waals surface area contributed by atoms with Gasteiger partial charge in [0.2, 0.25) is 0 Å². The molecule has 0 amide bonds. The number of esters is 1. The molecule has 2 rings (SSSR count). The Kier molecular flexibility index (Phi) is 7.53. The highest BCUT2D eigenvalue weighted by Gasteiger charge is 2.14. The zero-order valence-electron chi connectivity index (χ0n) is 14.5. The first-order valence-electron chi connectivity index (χ1n) is 8.21. The normalized spacial score (nSPS) is 11.0. The molecule has 0 spiro atoms. The standard InChI is InChI=1S/C20H23NO4/c1-3-4-13-18(21-23-2)20(22)25-19-14-9-8-10-16(19)15-24-17-11-6-5-7-12-17/h5-14,21H,3-4,15H2,1-2H3. The molecule has 0 saturated carbocycles. The number of carbonyl (C=O) groups excluding carboxylic acids is 1. The monoisotopic (exact) mass is 341 g/mol. The third-order valence-electron chi connectivity index (χ3n) is 3.38. The second-order valence-corrected chi connectivity index (χ2v) is 5.31. The molecule has 132 valence electrons. The van der Waals surface area contributed by atoms with Crippen LogP contribution in [0, 0.1) is 0 Å². The Balaban J connectivity index is 2.07. The average Bonchev–Trinajstić information content (AvgIpc) is 2.65. The lowest BCUT2D eigenvalue weighted by Crippen LogP contribution is -2.24. The molecule has 0 radical (unpaired) electrons. The van der Waals surface area contributed by atoms with Crippen molar-refractivity contribution in [3.8, 4) is 11.5 Å². The minimum atomic E-state index is -0.498. The maximum atomic E-state index is 12.4. The minimum Gasteiger partial charge on any atom is -0.489 e. The SMILES string of the molecule is CCCC=C(NOC)C(=O)Oc1ccccc1COc1ccccc1. The number of hydrogen-bond acceptors (Lipinski definition) is 5. The van der Waals surface area contributed by atoms with E-state index in [1.54, 1.807) is 12.1 Å². The molecule has 0 aliphatic carbocycles. The quantitative estimate of drug-likeness (QED) is 0.323. The topological polar surface area (TPSA) is 56.8 Å². The summed E-state index contributed by atoms with van der Waals surface area (Å²) in [5.41, 5.74) is 3.63. The lowest BCUT2D eigenvalue weighted by Gasteiger charge is -2.13. The van der Waals surface area contributed by atoms with Crippen molar-refractivity contribution in [3.63, 3.8) is 0 Å². The Bertz CT molecular complexity index is 698. The molecule has 5 nitrogen and oxygen atoms in total. The molecule has 0 atom stereocenters. The van der Waals surface area contributed by atoms with Crippen LogP contribution in [0.5, 0.6) is 11.5 Å². The first-order chi connectivity index (χ1) is 12.2. The van der Waals surface area contributed by atoms with Crippen LogP contribution in [0.1, 0.15) is 25.3 Å². The Hall–Kier alpha value is -2.79. The molecule has 0 heterocycles. The molecule has 0 unspecified atom stereocenters. The summed E-state index contributed by atoms with van der Waals surface area (Å²) in [6.07, 6.45) is 3.43. The van der Waals surface area contributed by atoms with Crippen LogP contribution in [-0.2, 0) is 16.2 Å². The fraction of sp³-hybridized carbons (Fsp3) is 0.250. The third kappa shape index (κ3) is 5.97. The Morgan fingerprint density at radius 1 is 1.08 bits per heavy atom. The van der Waals surface area contributed by atoms with Gasteiger partial charge in [0.15, 0.2) is 0 Å². The largest absolute Gasteiger partial charge is 0.489 e. The molecule has 2 aromatic carbocycles. The van der Waals surface area contributed by atoms with Gasteiger partial charge in [-0.05, 0) is 24.6 Å². The van der Waals surface area contributed by atoms with E-state index in [4.69, 9.17) is 14.3 Å². The summed E-state index contributed by atoms with van der Waals surface area (Å²) < 4.78 is 11.3. The highest BCUT2D eigenvalue weighted by molar-refractivity contribution is 5.89. The first kappa shape index (κ1) is 18.5. The Morgan fingerprint density at radius 3 is 2.52 bits per heavy atom. The maximum Gasteiger partial charge on any atom is 0.361 e. The zero-order valence-corrected chi connectivity index (χ0v) is 14.5. The highest BCUT2D eigenvalue weighted by Crippen LogP contribution is 2.21. The van der Waals surface area contributed by atoms with Crippen molar-refractivity contribution in [1.29, 1.82) is 0 Å². The molecule has 0 saturated heterocycles. The predicted molar refractivity (Wildman–Crippen MR) is 96.0 cm³/mol. The van der Waals surface area contributed by atoms with Crippen molar-refractivity contribution < 1.29 is 19.1 Å². The van der Waals surface area contributed by atoms with E-state index in [0.29, 0.717) is 12.4 Å². The molecule has 0 fully saturated rings. The summed E-state index contributed by atoms with van der Waals surface area (Å²) in [4.78, 5) is 17.2. The number of hydroxylamine groups is 1. The van der Waals surface area contributed by atoms with E-state index in [2.05, 4.69) is 5.48 Å². The van der Waals surface area contributed by atoms with Gasteiger partial charge in [0.25, 0.3) is 0 Å². The van der Waals surface area contributed by atoms with Gasteiger partial charge in [0.05, 0.1) is 7.11 Å². The Labute approximate surface area is 148 Å². The molecule has 25 heavy (non-hydrogen) atoms. The van der Waals surface area contributed by atoms with Gasteiger partial charge in [-0.3, -0.25) is 10.3 Å². The van der Waals surface area contributed by atoms with E-state index in [9.17, 15) is 4.79 Å². The number of ether oxygens (including phenoxy) is 2. The molecule has 0 bridgehead atoms. The number of benzene rings is 2. The molecule has 0 aliphatic heterocycles. The van der Waals surface area contributed by atoms with Crippen LogP contribution in [0.2, 0.25) is 0 Å². The van der Waals surface area contributed by atoms with Gasteiger partial charge < -0.3 is 9.47 Å². The van der Waals surface area contributed by atoms with Crippen molar-refractivity contribution in [2.24, 2.45) is 0 Å². The molecular weight excluding hydrogens is 318 g/mol. The van der Waals surface area contributed by atoms with Gasteiger partial charge in [-0.15, -0.1) is 0 Å². The van der Waals surface area contributed by atoms with Gasteiger partial charge in [0, 0.05) is 5.56 Å². The summed E-state index contributed by atoms with van der Waals surface area (Å²) in [5, 5.41) is 0.